The molecule has 0 aliphatic carbocycles. The molecule has 0 N–H and O–H groups in total. The molecule has 4 rings (SSSR count). The number of benzene rings is 4. The zero-order valence-corrected chi connectivity index (χ0v) is 19.9. The van der Waals surface area contributed by atoms with Crippen molar-refractivity contribution in [2.24, 2.45) is 0 Å². The van der Waals surface area contributed by atoms with Gasteiger partial charge in [-0.25, -0.2) is 0 Å². The molecule has 0 saturated heterocycles. The summed E-state index contributed by atoms with van der Waals surface area (Å²) < 4.78 is 0. The van der Waals surface area contributed by atoms with Gasteiger partial charge in [0.2, 0.25) is 0 Å². The molecular weight excluding hydrogens is 547 g/mol. The van der Waals surface area contributed by atoms with E-state index in [1.165, 1.54) is 32.7 Å². The minimum Gasteiger partial charge on any atom is -0.304 e. The third kappa shape index (κ3) is 5.58. The van der Waals surface area contributed by atoms with Gasteiger partial charge < -0.3 is 9.80 Å². The van der Waals surface area contributed by atoms with Crippen LogP contribution in [0.3, 0.4) is 0 Å². The maximum atomic E-state index is 3.43. The van der Waals surface area contributed by atoms with Crippen LogP contribution >= 0.6 is 0 Å². The van der Waals surface area contributed by atoms with Gasteiger partial charge in [0.1, 0.15) is 0 Å². The molecule has 0 fully saturated rings. The third-order valence-corrected chi connectivity index (χ3v) is 5.55. The van der Waals surface area contributed by atoms with Crippen LogP contribution in [0.4, 0.5) is 0 Å². The quantitative estimate of drug-likeness (QED) is 0.255. The van der Waals surface area contributed by atoms with Crippen LogP contribution in [0.25, 0.3) is 21.5 Å². The second-order valence-corrected chi connectivity index (χ2v) is 7.92. The van der Waals surface area contributed by atoms with Crippen molar-refractivity contribution in [1.82, 2.24) is 9.80 Å². The zero-order chi connectivity index (χ0) is 20.1. The van der Waals surface area contributed by atoms with Crippen LogP contribution in [-0.4, -0.2) is 37.0 Å². The van der Waals surface area contributed by atoms with Gasteiger partial charge in [-0.1, -0.05) is 36.4 Å². The number of fused-ring (bicyclic) bond motifs is 2. The fraction of sp³-hybridized carbons (Fsp3) is 0.259. The Morgan fingerprint density at radius 2 is 1.07 bits per heavy atom. The Kier molecular flexibility index (Phi) is 8.22. The molecular formula is C27H28N2Pt+2. The Morgan fingerprint density at radius 3 is 1.53 bits per heavy atom. The fourth-order valence-electron chi connectivity index (χ4n) is 4.02. The summed E-state index contributed by atoms with van der Waals surface area (Å²) in [5.74, 6) is 0. The van der Waals surface area contributed by atoms with Gasteiger partial charge in [0, 0.05) is 13.1 Å². The Bertz CT molecular complexity index is 994. The molecule has 0 radical (unpaired) electrons. The minimum atomic E-state index is 0. The smallest absolute Gasteiger partial charge is 0.304 e. The van der Waals surface area contributed by atoms with E-state index in [-0.39, 0.29) is 21.1 Å². The predicted octanol–water partition coefficient (Wildman–Crippen LogP) is 5.54. The van der Waals surface area contributed by atoms with E-state index in [0.717, 1.165) is 32.6 Å². The summed E-state index contributed by atoms with van der Waals surface area (Å²) in [4.78, 5) is 4.80. The first-order valence-electron chi connectivity index (χ1n) is 10.3. The molecule has 0 saturated carbocycles. The molecule has 0 aliphatic rings. The van der Waals surface area contributed by atoms with Gasteiger partial charge in [0.15, 0.2) is 0 Å². The van der Waals surface area contributed by atoms with Gasteiger partial charge in [0.25, 0.3) is 0 Å². The van der Waals surface area contributed by atoms with Crippen molar-refractivity contribution in [3.8, 4) is 0 Å². The van der Waals surface area contributed by atoms with Gasteiger partial charge in [0.05, 0.1) is 0 Å². The van der Waals surface area contributed by atoms with Crippen molar-refractivity contribution < 1.29 is 21.1 Å². The van der Waals surface area contributed by atoms with E-state index < -0.39 is 0 Å². The molecule has 0 amide bonds. The van der Waals surface area contributed by atoms with Crippen molar-refractivity contribution in [2.45, 2.75) is 19.5 Å². The monoisotopic (exact) mass is 575 g/mol. The maximum Gasteiger partial charge on any atom is 4.00 e. The predicted molar refractivity (Wildman–Crippen MR) is 123 cm³/mol. The summed E-state index contributed by atoms with van der Waals surface area (Å²) in [6, 6.07) is 32.4. The molecule has 0 bridgehead atoms. The first kappa shape index (κ1) is 22.7. The number of hydrogen-bond donors (Lipinski definition) is 0. The summed E-state index contributed by atoms with van der Waals surface area (Å²) >= 11 is 0. The van der Waals surface area contributed by atoms with Crippen molar-refractivity contribution in [1.29, 1.82) is 0 Å². The van der Waals surface area contributed by atoms with Gasteiger partial charge >= 0.3 is 21.1 Å². The molecule has 0 heterocycles. The Hall–Kier alpha value is -1.99. The molecule has 0 unspecified atom stereocenters. The van der Waals surface area contributed by atoms with Crippen LogP contribution in [0.15, 0.2) is 72.8 Å². The molecule has 4 aromatic carbocycles. The van der Waals surface area contributed by atoms with E-state index in [1.54, 1.807) is 0 Å². The molecule has 2 nitrogen and oxygen atoms in total. The largest absolute Gasteiger partial charge is 4.00 e. The summed E-state index contributed by atoms with van der Waals surface area (Å²) in [5, 5.41) is 5.21. The fourth-order valence-corrected chi connectivity index (χ4v) is 4.02. The average molecular weight is 576 g/mol. The van der Waals surface area contributed by atoms with Crippen LogP contribution < -0.4 is 0 Å². The van der Waals surface area contributed by atoms with Crippen molar-refractivity contribution in [3.05, 3.63) is 96.1 Å². The topological polar surface area (TPSA) is 6.48 Å². The summed E-state index contributed by atoms with van der Waals surface area (Å²) in [6.45, 7) is 4.01. The van der Waals surface area contributed by atoms with Gasteiger partial charge in [-0.3, -0.25) is 0 Å². The summed E-state index contributed by atoms with van der Waals surface area (Å²) in [5.41, 5.74) is 2.56. The molecule has 0 aliphatic heterocycles. The molecule has 0 spiro atoms. The molecule has 3 heteroatoms. The van der Waals surface area contributed by atoms with Gasteiger partial charge in [-0.15, -0.1) is 44.8 Å². The van der Waals surface area contributed by atoms with Crippen molar-refractivity contribution in [2.75, 3.05) is 27.2 Å². The van der Waals surface area contributed by atoms with E-state index in [2.05, 4.69) is 96.7 Å². The average Bonchev–Trinajstić information content (AvgIpc) is 2.74. The Balaban J connectivity index is 0.00000256. The van der Waals surface area contributed by atoms with E-state index in [9.17, 15) is 0 Å². The zero-order valence-electron chi connectivity index (χ0n) is 17.7. The Labute approximate surface area is 194 Å². The summed E-state index contributed by atoms with van der Waals surface area (Å²) in [6.07, 6.45) is 1.14. The molecule has 154 valence electrons. The van der Waals surface area contributed by atoms with E-state index in [0.29, 0.717) is 0 Å². The van der Waals surface area contributed by atoms with Crippen LogP contribution in [0.2, 0.25) is 0 Å². The number of rotatable bonds is 8. The van der Waals surface area contributed by atoms with Crippen LogP contribution in [0.1, 0.15) is 17.5 Å². The minimum absolute atomic E-state index is 0. The summed E-state index contributed by atoms with van der Waals surface area (Å²) in [7, 11) is 4.40. The first-order chi connectivity index (χ1) is 14.2. The van der Waals surface area contributed by atoms with E-state index in [4.69, 9.17) is 0 Å². The number of nitrogens with zero attached hydrogens (tertiary/aromatic N) is 2. The van der Waals surface area contributed by atoms with Gasteiger partial charge in [-0.2, -0.15) is 36.4 Å². The molecule has 4 aromatic rings. The maximum absolute atomic E-state index is 3.43. The molecule has 0 atom stereocenters. The molecule has 30 heavy (non-hydrogen) atoms. The third-order valence-electron chi connectivity index (χ3n) is 5.55. The second kappa shape index (κ2) is 10.9. The van der Waals surface area contributed by atoms with E-state index >= 15 is 0 Å². The van der Waals surface area contributed by atoms with Crippen LogP contribution in [0, 0.1) is 12.1 Å². The van der Waals surface area contributed by atoms with Crippen LogP contribution in [0.5, 0.6) is 0 Å². The molecule has 0 aromatic heterocycles. The van der Waals surface area contributed by atoms with Gasteiger partial charge in [-0.05, 0) is 33.6 Å². The normalized spacial score (nSPS) is 11.3. The SMILES string of the molecule is CN(CCCN(C)Cc1[c-]ccc2ccccc12)Cc1[c-]ccc2ccccc12.[Pt+4]. The first-order valence-corrected chi connectivity index (χ1v) is 10.3. The van der Waals surface area contributed by atoms with E-state index in [1.807, 2.05) is 12.1 Å². The van der Waals surface area contributed by atoms with Crippen molar-refractivity contribution in [3.63, 3.8) is 0 Å². The van der Waals surface area contributed by atoms with Crippen molar-refractivity contribution >= 4 is 21.5 Å². The Morgan fingerprint density at radius 1 is 0.633 bits per heavy atom. The standard InChI is InChI=1S/C27H28N2.Pt/c1-28(20-24-14-7-12-22-10-3-5-16-26(22)24)18-9-19-29(2)21-25-15-8-13-23-11-4-6-17-27(23)25;/h3-8,10-13,16-17H,9,18-21H2,1-2H3;/q-2;+4. The number of hydrogen-bond acceptors (Lipinski definition) is 2. The second-order valence-electron chi connectivity index (χ2n) is 7.92. The van der Waals surface area contributed by atoms with Crippen LogP contribution in [-0.2, 0) is 34.2 Å².